The van der Waals surface area contributed by atoms with Crippen molar-refractivity contribution in [1.29, 1.82) is 0 Å². The van der Waals surface area contributed by atoms with E-state index in [1.807, 2.05) is 20.8 Å². The first kappa shape index (κ1) is 14.3. The molecule has 0 aromatic carbocycles. The first-order valence-electron chi connectivity index (χ1n) is 6.61. The highest BCUT2D eigenvalue weighted by Crippen LogP contribution is 2.10. The number of carbonyl (C=O) groups excluding carboxylic acids is 2. The van der Waals surface area contributed by atoms with Crippen LogP contribution in [-0.2, 0) is 4.79 Å². The van der Waals surface area contributed by atoms with Crippen LogP contribution in [0.3, 0.4) is 0 Å². The summed E-state index contributed by atoms with van der Waals surface area (Å²) in [5.41, 5.74) is 0. The molecular formula is C12H20N6O2. The molecule has 20 heavy (non-hydrogen) atoms. The van der Waals surface area contributed by atoms with Gasteiger partial charge in [0, 0.05) is 26.1 Å². The van der Waals surface area contributed by atoms with Crippen LogP contribution in [0.4, 0.5) is 10.7 Å². The summed E-state index contributed by atoms with van der Waals surface area (Å²) in [5.74, 6) is 1.05. The molecule has 0 aliphatic carbocycles. The number of hydrogen-bond acceptors (Lipinski definition) is 4. The van der Waals surface area contributed by atoms with Crippen LogP contribution < -0.4 is 10.6 Å². The number of likely N-dealkylation sites (tertiary alicyclic amines) is 1. The lowest BCUT2D eigenvalue weighted by Gasteiger charge is -2.12. The lowest BCUT2D eigenvalue weighted by molar-refractivity contribution is -0.126. The van der Waals surface area contributed by atoms with Crippen LogP contribution in [0.5, 0.6) is 0 Å². The minimum absolute atomic E-state index is 0.0355. The van der Waals surface area contributed by atoms with Crippen LogP contribution in [0.1, 0.15) is 32.1 Å². The zero-order valence-corrected chi connectivity index (χ0v) is 12.2. The van der Waals surface area contributed by atoms with Gasteiger partial charge in [0.05, 0.1) is 6.04 Å². The van der Waals surface area contributed by atoms with E-state index in [2.05, 4.69) is 20.7 Å². The Morgan fingerprint density at radius 3 is 2.65 bits per heavy atom. The van der Waals surface area contributed by atoms with Gasteiger partial charge < -0.3 is 10.2 Å². The highest BCUT2D eigenvalue weighted by atomic mass is 16.2. The molecule has 2 heterocycles. The number of amides is 3. The Bertz CT molecular complexity index is 524. The third kappa shape index (κ3) is 3.06. The summed E-state index contributed by atoms with van der Waals surface area (Å²) < 4.78 is 1.74. The zero-order valence-electron chi connectivity index (χ0n) is 12.2. The topological polar surface area (TPSA) is 92.2 Å². The van der Waals surface area contributed by atoms with Crippen LogP contribution in [0, 0.1) is 6.92 Å². The average Bonchev–Trinajstić information content (AvgIpc) is 2.83. The molecule has 0 radical (unpaired) electrons. The van der Waals surface area contributed by atoms with Gasteiger partial charge in [-0.15, -0.1) is 5.10 Å². The summed E-state index contributed by atoms with van der Waals surface area (Å²) >= 11 is 0. The Kier molecular flexibility index (Phi) is 3.91. The van der Waals surface area contributed by atoms with Gasteiger partial charge in [0.25, 0.3) is 0 Å². The highest BCUT2D eigenvalue weighted by molar-refractivity contribution is 5.88. The summed E-state index contributed by atoms with van der Waals surface area (Å²) in [4.78, 5) is 29.0. The molecule has 1 aromatic heterocycles. The summed E-state index contributed by atoms with van der Waals surface area (Å²) in [6.07, 6.45) is 0.330. The summed E-state index contributed by atoms with van der Waals surface area (Å²) in [6, 6.07) is -0.373. The standard InChI is InChI=1S/C12H20N6O2/c1-7(2)18-8(3)13-11(16-18)15-12(20)14-9-5-10(19)17(4)6-9/h7,9H,5-6H2,1-4H3,(H2,14,15,16,20). The van der Waals surface area contributed by atoms with E-state index in [-0.39, 0.29) is 30.0 Å². The van der Waals surface area contributed by atoms with Gasteiger partial charge in [0.15, 0.2) is 0 Å². The third-order valence-electron chi connectivity index (χ3n) is 3.19. The first-order chi connectivity index (χ1) is 9.36. The minimum Gasteiger partial charge on any atom is -0.344 e. The van der Waals surface area contributed by atoms with Crippen molar-refractivity contribution >= 4 is 17.9 Å². The van der Waals surface area contributed by atoms with Crippen LogP contribution in [0.2, 0.25) is 0 Å². The monoisotopic (exact) mass is 280 g/mol. The molecule has 1 atom stereocenters. The Hall–Kier alpha value is -2.12. The maximum Gasteiger partial charge on any atom is 0.321 e. The molecule has 1 saturated heterocycles. The number of nitrogens with zero attached hydrogens (tertiary/aromatic N) is 4. The van der Waals surface area contributed by atoms with E-state index >= 15 is 0 Å². The number of aryl methyl sites for hydroxylation is 1. The summed E-state index contributed by atoms with van der Waals surface area (Å²) in [6.45, 7) is 6.34. The molecule has 1 fully saturated rings. The number of carbonyl (C=O) groups is 2. The highest BCUT2D eigenvalue weighted by Gasteiger charge is 2.28. The molecule has 1 unspecified atom stereocenters. The maximum absolute atomic E-state index is 11.8. The molecule has 8 heteroatoms. The Morgan fingerprint density at radius 1 is 1.45 bits per heavy atom. The van der Waals surface area contributed by atoms with E-state index in [1.54, 1.807) is 16.6 Å². The second kappa shape index (κ2) is 5.48. The molecule has 2 N–H and O–H groups in total. The molecule has 0 saturated carbocycles. The fourth-order valence-corrected chi connectivity index (χ4v) is 2.23. The van der Waals surface area contributed by atoms with Gasteiger partial charge in [0.1, 0.15) is 5.82 Å². The van der Waals surface area contributed by atoms with Gasteiger partial charge in [-0.25, -0.2) is 9.48 Å². The predicted octanol–water partition coefficient (Wildman–Crippen LogP) is 0.520. The summed E-state index contributed by atoms with van der Waals surface area (Å²) in [7, 11) is 1.72. The van der Waals surface area contributed by atoms with Crippen molar-refractivity contribution in [2.24, 2.45) is 0 Å². The van der Waals surface area contributed by atoms with E-state index in [4.69, 9.17) is 0 Å². The van der Waals surface area contributed by atoms with Crippen LogP contribution in [0.25, 0.3) is 0 Å². The number of aromatic nitrogens is 3. The fraction of sp³-hybridized carbons (Fsp3) is 0.667. The normalized spacial score (nSPS) is 18.8. The van der Waals surface area contributed by atoms with Crippen molar-refractivity contribution in [3.63, 3.8) is 0 Å². The number of nitrogens with one attached hydrogen (secondary N) is 2. The number of anilines is 1. The number of likely N-dealkylation sites (N-methyl/N-ethyl adjacent to an activating group) is 1. The van der Waals surface area contributed by atoms with Gasteiger partial charge in [-0.2, -0.15) is 4.98 Å². The zero-order chi connectivity index (χ0) is 14.9. The molecule has 110 valence electrons. The van der Waals surface area contributed by atoms with Gasteiger partial charge in [-0.05, 0) is 20.8 Å². The number of rotatable bonds is 3. The van der Waals surface area contributed by atoms with Crippen molar-refractivity contribution in [1.82, 2.24) is 25.0 Å². The smallest absolute Gasteiger partial charge is 0.321 e. The van der Waals surface area contributed by atoms with Gasteiger partial charge in [-0.1, -0.05) is 0 Å². The summed E-state index contributed by atoms with van der Waals surface area (Å²) in [5, 5.41) is 9.55. The predicted molar refractivity (Wildman–Crippen MR) is 73.3 cm³/mol. The van der Waals surface area contributed by atoms with Gasteiger partial charge in [-0.3, -0.25) is 10.1 Å². The minimum atomic E-state index is -0.390. The third-order valence-corrected chi connectivity index (χ3v) is 3.19. The van der Waals surface area contributed by atoms with Crippen LogP contribution in [0.15, 0.2) is 0 Å². The lowest BCUT2D eigenvalue weighted by atomic mass is 10.3. The van der Waals surface area contributed by atoms with E-state index < -0.39 is 0 Å². The molecule has 3 amide bonds. The molecule has 2 rings (SSSR count). The lowest BCUT2D eigenvalue weighted by Crippen LogP contribution is -2.39. The fourth-order valence-electron chi connectivity index (χ4n) is 2.23. The van der Waals surface area contributed by atoms with E-state index in [9.17, 15) is 9.59 Å². The van der Waals surface area contributed by atoms with E-state index in [0.717, 1.165) is 5.82 Å². The molecule has 8 nitrogen and oxygen atoms in total. The van der Waals surface area contributed by atoms with Crippen molar-refractivity contribution in [3.05, 3.63) is 5.82 Å². The van der Waals surface area contributed by atoms with Crippen molar-refractivity contribution in [2.45, 2.75) is 39.3 Å². The quantitative estimate of drug-likeness (QED) is 0.844. The van der Waals surface area contributed by atoms with Crippen LogP contribution in [-0.4, -0.2) is 51.2 Å². The molecule has 0 spiro atoms. The molecule has 1 aliphatic rings. The number of urea groups is 1. The van der Waals surface area contributed by atoms with Crippen molar-refractivity contribution < 1.29 is 9.59 Å². The van der Waals surface area contributed by atoms with Gasteiger partial charge in [0.2, 0.25) is 11.9 Å². The largest absolute Gasteiger partial charge is 0.344 e. The van der Waals surface area contributed by atoms with Crippen LogP contribution >= 0.6 is 0 Å². The number of hydrogen-bond donors (Lipinski definition) is 2. The Balaban J connectivity index is 1.92. The first-order valence-corrected chi connectivity index (χ1v) is 6.61. The molecule has 1 aliphatic heterocycles. The second-order valence-electron chi connectivity index (χ2n) is 5.29. The van der Waals surface area contributed by atoms with E-state index in [0.29, 0.717) is 13.0 Å². The van der Waals surface area contributed by atoms with E-state index in [1.165, 1.54) is 0 Å². The Morgan fingerprint density at radius 2 is 2.15 bits per heavy atom. The Labute approximate surface area is 117 Å². The average molecular weight is 280 g/mol. The van der Waals surface area contributed by atoms with Gasteiger partial charge >= 0.3 is 6.03 Å². The van der Waals surface area contributed by atoms with Crippen molar-refractivity contribution in [2.75, 3.05) is 18.9 Å². The maximum atomic E-state index is 11.8. The molecule has 1 aromatic rings. The molecule has 0 bridgehead atoms. The van der Waals surface area contributed by atoms with Crippen molar-refractivity contribution in [3.8, 4) is 0 Å². The molecular weight excluding hydrogens is 260 g/mol. The second-order valence-corrected chi connectivity index (χ2v) is 5.29. The SMILES string of the molecule is Cc1nc(NC(=O)NC2CC(=O)N(C)C2)nn1C(C)C.